The molecule has 0 saturated carbocycles. The van der Waals surface area contributed by atoms with Gasteiger partial charge in [-0.05, 0) is 54.1 Å². The Morgan fingerprint density at radius 3 is 1.79 bits per heavy atom. The molecule has 0 unspecified atom stereocenters. The van der Waals surface area contributed by atoms with Gasteiger partial charge in [-0.15, -0.1) is 0 Å². The molecule has 1 aliphatic carbocycles. The van der Waals surface area contributed by atoms with Crippen LogP contribution in [0.15, 0.2) is 108 Å². The number of rotatable bonds is 5. The molecule has 0 N–H and O–H groups in total. The van der Waals surface area contributed by atoms with Crippen molar-refractivity contribution in [1.29, 1.82) is 0 Å². The van der Waals surface area contributed by atoms with Crippen molar-refractivity contribution >= 4 is 18.5 Å². The van der Waals surface area contributed by atoms with E-state index in [1.54, 1.807) is 0 Å². The fraction of sp³-hybridized carbons (Fsp3) is 0.185. The van der Waals surface area contributed by atoms with E-state index in [0.717, 1.165) is 17.9 Å². The third kappa shape index (κ3) is 4.52. The zero-order valence-corrected chi connectivity index (χ0v) is 18.2. The molecule has 0 spiro atoms. The summed E-state index contributed by atoms with van der Waals surface area (Å²) in [6, 6.07) is 30.1. The van der Waals surface area contributed by atoms with E-state index in [1.807, 2.05) is 0 Å². The summed E-state index contributed by atoms with van der Waals surface area (Å²) in [6.45, 7) is 6.70. The molecule has 0 bridgehead atoms. The van der Waals surface area contributed by atoms with E-state index in [-0.39, 0.29) is 5.41 Å². The number of hydrogen-bond donors (Lipinski definition) is 0. The fourth-order valence-electron chi connectivity index (χ4n) is 3.53. The maximum Gasteiger partial charge on any atom is 0.131 e. The van der Waals surface area contributed by atoms with Gasteiger partial charge in [0.05, 0.1) is 0 Å². The molecular weight excluding hydrogens is 371 g/mol. The summed E-state index contributed by atoms with van der Waals surface area (Å²) in [5, 5.41) is 4.09. The molecule has 0 heterocycles. The van der Waals surface area contributed by atoms with E-state index in [1.165, 1.54) is 21.5 Å². The van der Waals surface area contributed by atoms with Crippen LogP contribution in [0.5, 0.6) is 5.75 Å². The van der Waals surface area contributed by atoms with E-state index in [4.69, 9.17) is 4.74 Å². The molecule has 4 rings (SSSR count). The zero-order chi connectivity index (χ0) is 20.3. The highest BCUT2D eigenvalue weighted by Gasteiger charge is 2.24. The molecule has 0 amide bonds. The van der Waals surface area contributed by atoms with Gasteiger partial charge in [0.1, 0.15) is 11.5 Å². The van der Waals surface area contributed by atoms with Crippen LogP contribution in [0.1, 0.15) is 32.8 Å². The lowest BCUT2D eigenvalue weighted by Gasteiger charge is -2.22. The van der Waals surface area contributed by atoms with Gasteiger partial charge in [0.2, 0.25) is 0 Å². The van der Waals surface area contributed by atoms with E-state index in [9.17, 15) is 0 Å². The Kier molecular flexibility index (Phi) is 5.69. The molecule has 0 aromatic heterocycles. The number of hydrogen-bond acceptors (Lipinski definition) is 1. The molecule has 0 atom stereocenters. The largest absolute Gasteiger partial charge is 0.457 e. The molecular formula is C27H27OP. The third-order valence-corrected chi connectivity index (χ3v) is 7.68. The summed E-state index contributed by atoms with van der Waals surface area (Å²) in [5.74, 6) is 1.89. The van der Waals surface area contributed by atoms with E-state index in [2.05, 4.69) is 118 Å². The second-order valence-corrected chi connectivity index (χ2v) is 10.5. The molecule has 146 valence electrons. The highest BCUT2D eigenvalue weighted by atomic mass is 31.1. The Hall–Kier alpha value is -2.63. The quantitative estimate of drug-likeness (QED) is 0.436. The first-order valence-electron chi connectivity index (χ1n) is 10.1. The lowest BCUT2D eigenvalue weighted by Crippen LogP contribution is -2.14. The van der Waals surface area contributed by atoms with Crippen LogP contribution in [0.4, 0.5) is 0 Å². The molecule has 1 aliphatic rings. The minimum Gasteiger partial charge on any atom is -0.457 e. The monoisotopic (exact) mass is 398 g/mol. The van der Waals surface area contributed by atoms with Crippen LogP contribution in [0, 0.1) is 0 Å². The fourth-order valence-corrected chi connectivity index (χ4v) is 6.02. The van der Waals surface area contributed by atoms with Crippen molar-refractivity contribution in [3.05, 3.63) is 114 Å². The Labute approximate surface area is 175 Å². The van der Waals surface area contributed by atoms with Gasteiger partial charge in [0.25, 0.3) is 0 Å². The normalized spacial score (nSPS) is 13.9. The maximum absolute atomic E-state index is 6.39. The molecule has 0 fully saturated rings. The predicted molar refractivity (Wildman–Crippen MR) is 126 cm³/mol. The molecule has 3 aromatic carbocycles. The SMILES string of the molecule is CC(C)(C)c1ccc(OC2=C(P(c3ccccc3)c3ccccc3)CC=C2)cc1. The third-order valence-electron chi connectivity index (χ3n) is 5.11. The molecule has 3 aromatic rings. The van der Waals surface area contributed by atoms with Crippen molar-refractivity contribution in [2.24, 2.45) is 0 Å². The van der Waals surface area contributed by atoms with Gasteiger partial charge in [-0.1, -0.05) is 99.6 Å². The Morgan fingerprint density at radius 2 is 1.28 bits per heavy atom. The second kappa shape index (κ2) is 8.39. The van der Waals surface area contributed by atoms with E-state index in [0.29, 0.717) is 0 Å². The molecule has 0 saturated heterocycles. The molecule has 1 nitrogen and oxygen atoms in total. The van der Waals surface area contributed by atoms with Crippen molar-refractivity contribution < 1.29 is 4.74 Å². The van der Waals surface area contributed by atoms with E-state index >= 15 is 0 Å². The number of ether oxygens (including phenoxy) is 1. The second-order valence-electron chi connectivity index (χ2n) is 8.30. The van der Waals surface area contributed by atoms with Gasteiger partial charge in [-0.25, -0.2) is 0 Å². The van der Waals surface area contributed by atoms with Crippen LogP contribution in [-0.2, 0) is 5.41 Å². The number of allylic oxidation sites excluding steroid dienone is 3. The maximum atomic E-state index is 6.39. The first kappa shape index (κ1) is 19.7. The van der Waals surface area contributed by atoms with Crippen molar-refractivity contribution in [1.82, 2.24) is 0 Å². The standard InChI is InChI=1S/C27H27OP/c1-27(2,3)21-17-19-22(20-18-21)28-25-15-10-16-26(25)29(23-11-6-4-7-12-23)24-13-8-5-9-14-24/h4-15,17-20H,16H2,1-3H3. The van der Waals surface area contributed by atoms with Gasteiger partial charge in [-0.2, -0.15) is 0 Å². The molecule has 2 heteroatoms. The first-order chi connectivity index (χ1) is 14.0. The van der Waals surface area contributed by atoms with Gasteiger partial charge in [-0.3, -0.25) is 0 Å². The first-order valence-corrected chi connectivity index (χ1v) is 11.4. The van der Waals surface area contributed by atoms with Crippen LogP contribution in [0.3, 0.4) is 0 Å². The van der Waals surface area contributed by atoms with Gasteiger partial charge in [0.15, 0.2) is 0 Å². The number of benzene rings is 3. The summed E-state index contributed by atoms with van der Waals surface area (Å²) in [4.78, 5) is 0. The topological polar surface area (TPSA) is 9.23 Å². The smallest absolute Gasteiger partial charge is 0.131 e. The van der Waals surface area contributed by atoms with Crippen LogP contribution in [-0.4, -0.2) is 0 Å². The van der Waals surface area contributed by atoms with E-state index < -0.39 is 7.92 Å². The van der Waals surface area contributed by atoms with Crippen molar-refractivity contribution in [3.8, 4) is 5.75 Å². The zero-order valence-electron chi connectivity index (χ0n) is 17.3. The average Bonchev–Trinajstić information content (AvgIpc) is 3.17. The van der Waals surface area contributed by atoms with Gasteiger partial charge < -0.3 is 4.74 Å². The predicted octanol–water partition coefficient (Wildman–Crippen LogP) is 6.67. The van der Waals surface area contributed by atoms with Crippen LogP contribution < -0.4 is 15.3 Å². The Bertz CT molecular complexity index is 970. The summed E-state index contributed by atoms with van der Waals surface area (Å²) < 4.78 is 6.39. The highest BCUT2D eigenvalue weighted by molar-refractivity contribution is 7.76. The summed E-state index contributed by atoms with van der Waals surface area (Å²) in [6.07, 6.45) is 5.29. The summed E-state index contributed by atoms with van der Waals surface area (Å²) in [7, 11) is -0.620. The average molecular weight is 398 g/mol. The van der Waals surface area contributed by atoms with Gasteiger partial charge in [0, 0.05) is 5.31 Å². The Balaban J connectivity index is 1.70. The molecule has 29 heavy (non-hydrogen) atoms. The minimum absolute atomic E-state index is 0.144. The minimum atomic E-state index is -0.620. The Morgan fingerprint density at radius 1 is 0.724 bits per heavy atom. The van der Waals surface area contributed by atoms with Crippen molar-refractivity contribution in [2.75, 3.05) is 0 Å². The highest BCUT2D eigenvalue weighted by Crippen LogP contribution is 2.49. The van der Waals surface area contributed by atoms with Crippen LogP contribution in [0.2, 0.25) is 0 Å². The summed E-state index contributed by atoms with van der Waals surface area (Å²) in [5.41, 5.74) is 1.46. The summed E-state index contributed by atoms with van der Waals surface area (Å²) >= 11 is 0. The molecule has 0 aliphatic heterocycles. The van der Waals surface area contributed by atoms with Crippen molar-refractivity contribution in [3.63, 3.8) is 0 Å². The van der Waals surface area contributed by atoms with Crippen molar-refractivity contribution in [2.45, 2.75) is 32.6 Å². The lowest BCUT2D eigenvalue weighted by atomic mass is 9.87. The van der Waals surface area contributed by atoms with Crippen LogP contribution >= 0.6 is 7.92 Å². The van der Waals surface area contributed by atoms with Gasteiger partial charge >= 0.3 is 0 Å². The lowest BCUT2D eigenvalue weighted by molar-refractivity contribution is 0.443. The van der Waals surface area contributed by atoms with Crippen LogP contribution in [0.25, 0.3) is 0 Å². The molecule has 0 radical (unpaired) electrons.